The smallest absolute Gasteiger partial charge is 0.192 e. The summed E-state index contributed by atoms with van der Waals surface area (Å²) in [7, 11) is 0. The number of para-hydroxylation sites is 1. The van der Waals surface area contributed by atoms with Crippen molar-refractivity contribution in [2.75, 3.05) is 5.75 Å². The number of ketones is 1. The van der Waals surface area contributed by atoms with Gasteiger partial charge in [0.2, 0.25) is 0 Å². The second-order valence-electron chi connectivity index (χ2n) is 6.25. The highest BCUT2D eigenvalue weighted by Crippen LogP contribution is 2.28. The molecule has 0 aliphatic carbocycles. The Hall–Kier alpha value is -2.25. The summed E-state index contributed by atoms with van der Waals surface area (Å²) in [6.07, 6.45) is 3.62. The van der Waals surface area contributed by atoms with Gasteiger partial charge in [-0.05, 0) is 37.1 Å². The van der Waals surface area contributed by atoms with Crippen LogP contribution in [0.25, 0.3) is 0 Å². The third kappa shape index (κ3) is 4.77. The maximum absolute atomic E-state index is 12.3. The summed E-state index contributed by atoms with van der Waals surface area (Å²) < 4.78 is 7.95. The molecule has 1 N–H and O–H groups in total. The van der Waals surface area contributed by atoms with Gasteiger partial charge in [-0.25, -0.2) is 0 Å². The average molecular weight is 419 g/mol. The normalized spacial score (nSPS) is 11.1. The molecule has 0 spiro atoms. The summed E-state index contributed by atoms with van der Waals surface area (Å²) in [6.45, 7) is 4.52. The van der Waals surface area contributed by atoms with Crippen LogP contribution in [0.3, 0.4) is 0 Å². The standard InChI is InChI=1S/C20H23ClN4O2S/c1-3-14(4-2)25-19(12-27-18-10-6-5-8-15(18)21)23-24-20(25)28-13-17(26)16-9-7-11-22-16/h5-11,14,22H,3-4,12-13H2,1-2H3. The molecule has 0 unspecified atom stereocenters. The molecule has 8 heteroatoms. The molecule has 0 aliphatic heterocycles. The van der Waals surface area contributed by atoms with E-state index >= 15 is 0 Å². The Labute approximate surface area is 173 Å². The van der Waals surface area contributed by atoms with Crippen LogP contribution in [0.1, 0.15) is 49.0 Å². The molecule has 0 atom stereocenters. The van der Waals surface area contributed by atoms with Crippen molar-refractivity contribution < 1.29 is 9.53 Å². The Morgan fingerprint density at radius 2 is 2.00 bits per heavy atom. The Balaban J connectivity index is 1.76. The lowest BCUT2D eigenvalue weighted by molar-refractivity contribution is 0.101. The van der Waals surface area contributed by atoms with Crippen molar-refractivity contribution in [3.8, 4) is 5.75 Å². The molecule has 28 heavy (non-hydrogen) atoms. The van der Waals surface area contributed by atoms with E-state index in [0.717, 1.165) is 23.8 Å². The number of hydrogen-bond donors (Lipinski definition) is 1. The zero-order valence-corrected chi connectivity index (χ0v) is 17.5. The number of carbonyl (C=O) groups is 1. The van der Waals surface area contributed by atoms with Crippen molar-refractivity contribution in [3.63, 3.8) is 0 Å². The summed E-state index contributed by atoms with van der Waals surface area (Å²) in [6, 6.07) is 11.2. The number of carbonyl (C=O) groups excluding carboxylic acids is 1. The number of rotatable bonds is 10. The lowest BCUT2D eigenvalue weighted by Crippen LogP contribution is -2.15. The first kappa shape index (κ1) is 20.5. The van der Waals surface area contributed by atoms with Gasteiger partial charge in [0, 0.05) is 12.2 Å². The molecule has 0 saturated heterocycles. The average Bonchev–Trinajstić information content (AvgIpc) is 3.37. The lowest BCUT2D eigenvalue weighted by atomic mass is 10.2. The Kier molecular flexibility index (Phi) is 7.17. The van der Waals surface area contributed by atoms with Crippen molar-refractivity contribution in [2.24, 2.45) is 0 Å². The molecule has 148 valence electrons. The van der Waals surface area contributed by atoms with Gasteiger partial charge in [-0.2, -0.15) is 0 Å². The fourth-order valence-corrected chi connectivity index (χ4v) is 4.04. The molecule has 0 bridgehead atoms. The predicted octanol–water partition coefficient (Wildman–Crippen LogP) is 5.17. The highest BCUT2D eigenvalue weighted by atomic mass is 35.5. The fraction of sp³-hybridized carbons (Fsp3) is 0.350. The van der Waals surface area contributed by atoms with Crippen LogP contribution in [-0.4, -0.2) is 31.3 Å². The summed E-state index contributed by atoms with van der Waals surface area (Å²) >= 11 is 7.57. The van der Waals surface area contributed by atoms with E-state index in [4.69, 9.17) is 16.3 Å². The highest BCUT2D eigenvalue weighted by molar-refractivity contribution is 7.99. The number of ether oxygens (including phenoxy) is 1. The quantitative estimate of drug-likeness (QED) is 0.363. The number of nitrogens with zero attached hydrogens (tertiary/aromatic N) is 3. The number of thioether (sulfide) groups is 1. The minimum atomic E-state index is 0.0305. The molecule has 0 radical (unpaired) electrons. The van der Waals surface area contributed by atoms with Crippen LogP contribution in [0.5, 0.6) is 5.75 Å². The van der Waals surface area contributed by atoms with Crippen LogP contribution in [0.15, 0.2) is 47.8 Å². The van der Waals surface area contributed by atoms with Gasteiger partial charge in [0.15, 0.2) is 16.8 Å². The van der Waals surface area contributed by atoms with Gasteiger partial charge in [0.05, 0.1) is 16.5 Å². The van der Waals surface area contributed by atoms with Crippen LogP contribution in [0.2, 0.25) is 5.02 Å². The van der Waals surface area contributed by atoms with Gasteiger partial charge >= 0.3 is 0 Å². The summed E-state index contributed by atoms with van der Waals surface area (Å²) in [4.78, 5) is 15.2. The maximum atomic E-state index is 12.3. The largest absolute Gasteiger partial charge is 0.484 e. The molecular weight excluding hydrogens is 396 g/mol. The molecule has 2 aromatic heterocycles. The van der Waals surface area contributed by atoms with Crippen LogP contribution in [0, 0.1) is 0 Å². The van der Waals surface area contributed by atoms with E-state index in [9.17, 15) is 4.79 Å². The number of H-pyrrole nitrogens is 1. The molecule has 0 aliphatic rings. The van der Waals surface area contributed by atoms with Crippen LogP contribution in [0.4, 0.5) is 0 Å². The fourth-order valence-electron chi connectivity index (χ4n) is 2.94. The Bertz CT molecular complexity index is 907. The third-order valence-electron chi connectivity index (χ3n) is 4.47. The first-order chi connectivity index (χ1) is 13.6. The number of aromatic nitrogens is 4. The zero-order chi connectivity index (χ0) is 19.9. The van der Waals surface area contributed by atoms with E-state index in [1.165, 1.54) is 11.8 Å². The van der Waals surface area contributed by atoms with E-state index in [-0.39, 0.29) is 18.4 Å². The maximum Gasteiger partial charge on any atom is 0.192 e. The van der Waals surface area contributed by atoms with Crippen LogP contribution in [-0.2, 0) is 6.61 Å². The van der Waals surface area contributed by atoms with Crippen molar-refractivity contribution in [1.82, 2.24) is 19.7 Å². The molecule has 3 rings (SSSR count). The van der Waals surface area contributed by atoms with Crippen molar-refractivity contribution in [1.29, 1.82) is 0 Å². The van der Waals surface area contributed by atoms with E-state index in [0.29, 0.717) is 22.2 Å². The minimum absolute atomic E-state index is 0.0305. The van der Waals surface area contributed by atoms with Gasteiger partial charge in [-0.3, -0.25) is 4.79 Å². The second-order valence-corrected chi connectivity index (χ2v) is 7.60. The third-order valence-corrected chi connectivity index (χ3v) is 5.72. The molecule has 6 nitrogen and oxygen atoms in total. The summed E-state index contributed by atoms with van der Waals surface area (Å²) in [5.74, 6) is 1.66. The topological polar surface area (TPSA) is 72.8 Å². The van der Waals surface area contributed by atoms with Gasteiger partial charge < -0.3 is 14.3 Å². The zero-order valence-electron chi connectivity index (χ0n) is 15.9. The number of hydrogen-bond acceptors (Lipinski definition) is 5. The Morgan fingerprint density at radius 3 is 2.68 bits per heavy atom. The van der Waals surface area contributed by atoms with Crippen LogP contribution >= 0.6 is 23.4 Å². The van der Waals surface area contributed by atoms with E-state index in [1.807, 2.05) is 24.3 Å². The molecule has 0 saturated carbocycles. The lowest BCUT2D eigenvalue weighted by Gasteiger charge is -2.19. The number of halogens is 1. The molecule has 3 aromatic rings. The molecule has 1 aromatic carbocycles. The number of benzene rings is 1. The number of aromatic amines is 1. The summed E-state index contributed by atoms with van der Waals surface area (Å²) in [5, 5.41) is 9.93. The number of Topliss-reactive ketones (excluding diaryl/α,β-unsaturated/α-hetero) is 1. The van der Waals surface area contributed by atoms with E-state index in [2.05, 4.69) is 33.6 Å². The van der Waals surface area contributed by atoms with Gasteiger partial charge in [0.1, 0.15) is 12.4 Å². The van der Waals surface area contributed by atoms with Crippen molar-refractivity contribution in [3.05, 3.63) is 59.1 Å². The van der Waals surface area contributed by atoms with Gasteiger partial charge in [0.25, 0.3) is 0 Å². The number of nitrogens with one attached hydrogen (secondary N) is 1. The molecule has 0 fully saturated rings. The highest BCUT2D eigenvalue weighted by Gasteiger charge is 2.20. The van der Waals surface area contributed by atoms with Crippen molar-refractivity contribution >= 4 is 29.1 Å². The Morgan fingerprint density at radius 1 is 1.21 bits per heavy atom. The minimum Gasteiger partial charge on any atom is -0.484 e. The molecule has 2 heterocycles. The van der Waals surface area contributed by atoms with Crippen molar-refractivity contribution in [2.45, 2.75) is 44.5 Å². The monoisotopic (exact) mass is 418 g/mol. The molecule has 0 amide bonds. The first-order valence-electron chi connectivity index (χ1n) is 9.24. The SMILES string of the molecule is CCC(CC)n1c(COc2ccccc2Cl)nnc1SCC(=O)c1ccc[nH]1. The van der Waals surface area contributed by atoms with E-state index in [1.54, 1.807) is 18.3 Å². The second kappa shape index (κ2) is 9.80. The summed E-state index contributed by atoms with van der Waals surface area (Å²) in [5.41, 5.74) is 0.600. The van der Waals surface area contributed by atoms with Gasteiger partial charge in [-0.1, -0.05) is 49.3 Å². The predicted molar refractivity (Wildman–Crippen MR) is 111 cm³/mol. The van der Waals surface area contributed by atoms with Crippen LogP contribution < -0.4 is 4.74 Å². The molecular formula is C20H23ClN4O2S. The first-order valence-corrected chi connectivity index (χ1v) is 10.6. The van der Waals surface area contributed by atoms with E-state index < -0.39 is 0 Å². The van der Waals surface area contributed by atoms with Gasteiger partial charge in [-0.15, -0.1) is 10.2 Å².